The molecule has 0 bridgehead atoms. The topological polar surface area (TPSA) is 78.9 Å². The second kappa shape index (κ2) is 16.7. The number of hydrogen-bond donors (Lipinski definition) is 0. The van der Waals surface area contributed by atoms with Crippen molar-refractivity contribution in [3.8, 4) is 52.1 Å². The predicted molar refractivity (Wildman–Crippen MR) is 183 cm³/mol. The van der Waals surface area contributed by atoms with E-state index in [9.17, 15) is 18.8 Å². The Kier molecular flexibility index (Phi) is 12.0. The van der Waals surface area contributed by atoms with Crippen molar-refractivity contribution in [2.45, 2.75) is 19.8 Å². The fourth-order valence-corrected chi connectivity index (χ4v) is 4.30. The zero-order valence-electron chi connectivity index (χ0n) is 26.3. The molecule has 0 saturated carbocycles. The van der Waals surface area contributed by atoms with E-state index in [2.05, 4.69) is 43.4 Å². The molecule has 0 unspecified atom stereocenters. The Bertz CT molecular complexity index is 1980. The number of carbonyl (C=O) groups excluding carboxylic acids is 3. The Balaban J connectivity index is 1.64. The highest BCUT2D eigenvalue weighted by Crippen LogP contribution is 2.36. The molecule has 6 nitrogen and oxygen atoms in total. The van der Waals surface area contributed by atoms with Gasteiger partial charge in [0, 0.05) is 51.1 Å². The lowest BCUT2D eigenvalue weighted by Gasteiger charge is -2.16. The van der Waals surface area contributed by atoms with Gasteiger partial charge in [0.1, 0.15) is 17.2 Å². The van der Waals surface area contributed by atoms with Gasteiger partial charge in [0.25, 0.3) is 0 Å². The van der Waals surface area contributed by atoms with E-state index in [1.165, 1.54) is 0 Å². The zero-order valence-corrected chi connectivity index (χ0v) is 26.3. The number of halogens is 1. The molecule has 0 aliphatic heterocycles. The van der Waals surface area contributed by atoms with E-state index in [1.54, 1.807) is 61.5 Å². The third-order valence-corrected chi connectivity index (χ3v) is 6.73. The molecule has 0 aromatic heterocycles. The molecular formula is C41H31FO6. The molecule has 0 atom stereocenters. The van der Waals surface area contributed by atoms with E-state index in [0.717, 1.165) is 28.8 Å². The number of alkyl halides is 1. The van der Waals surface area contributed by atoms with Crippen LogP contribution in [0, 0.1) is 23.7 Å². The maximum absolute atomic E-state index is 13.4. The molecule has 0 fully saturated rings. The first-order valence-electron chi connectivity index (χ1n) is 14.8. The van der Waals surface area contributed by atoms with Crippen molar-refractivity contribution in [2.75, 3.05) is 6.67 Å². The molecule has 4 aromatic rings. The lowest BCUT2D eigenvalue weighted by atomic mass is 9.94. The molecule has 0 N–H and O–H groups in total. The second-order valence-electron chi connectivity index (χ2n) is 10.3. The van der Waals surface area contributed by atoms with Gasteiger partial charge in [-0.1, -0.05) is 55.6 Å². The molecule has 0 spiro atoms. The van der Waals surface area contributed by atoms with Crippen molar-refractivity contribution in [3.05, 3.63) is 150 Å². The van der Waals surface area contributed by atoms with E-state index in [4.69, 9.17) is 14.2 Å². The van der Waals surface area contributed by atoms with Gasteiger partial charge in [-0.05, 0) is 98.1 Å². The van der Waals surface area contributed by atoms with Gasteiger partial charge in [-0.15, -0.1) is 0 Å². The normalized spacial score (nSPS) is 9.88. The van der Waals surface area contributed by atoms with Gasteiger partial charge in [0.05, 0.1) is 6.67 Å². The average Bonchev–Trinajstić information content (AvgIpc) is 3.10. The molecule has 4 aromatic carbocycles. The summed E-state index contributed by atoms with van der Waals surface area (Å²) in [6.45, 7) is 11.5. The van der Waals surface area contributed by atoms with E-state index in [-0.39, 0.29) is 18.6 Å². The van der Waals surface area contributed by atoms with E-state index >= 15 is 0 Å². The number of rotatable bonds is 10. The first kappa shape index (κ1) is 34.4. The van der Waals surface area contributed by atoms with E-state index in [1.807, 2.05) is 30.3 Å². The van der Waals surface area contributed by atoms with Crippen LogP contribution in [0.25, 0.3) is 11.1 Å². The third-order valence-electron chi connectivity index (χ3n) is 6.73. The number of ether oxygens (including phenoxy) is 3. The molecule has 0 radical (unpaired) electrons. The standard InChI is InChI=1S/C41H31FO6/c1-5-38(43)46-34-22-14-31(15-23-34)13-20-33-21-26-37(40(48-39(44)6-2)36(33)8-7-27-42)32-18-11-29(12-19-32)9-10-30-16-24-35(25-17-30)47-41(45)28(3)4/h5-6,11-12,14-19,21-26H,1-3,7-8,27H2,4H3. The van der Waals surface area contributed by atoms with Crippen LogP contribution in [0.2, 0.25) is 0 Å². The minimum absolute atomic E-state index is 0.200. The summed E-state index contributed by atoms with van der Waals surface area (Å²) in [6, 6.07) is 24.5. The zero-order chi connectivity index (χ0) is 34.5. The molecule has 0 amide bonds. The van der Waals surface area contributed by atoms with Crippen LogP contribution in [0.3, 0.4) is 0 Å². The Labute approximate surface area is 279 Å². The second-order valence-corrected chi connectivity index (χ2v) is 10.3. The fourth-order valence-electron chi connectivity index (χ4n) is 4.30. The van der Waals surface area contributed by atoms with Gasteiger partial charge < -0.3 is 14.2 Å². The van der Waals surface area contributed by atoms with E-state index in [0.29, 0.717) is 39.3 Å². The highest BCUT2D eigenvalue weighted by molar-refractivity contribution is 5.89. The summed E-state index contributed by atoms with van der Waals surface area (Å²) in [5.41, 5.74) is 4.97. The summed E-state index contributed by atoms with van der Waals surface area (Å²) < 4.78 is 29.5. The van der Waals surface area contributed by atoms with Gasteiger partial charge in [0.15, 0.2) is 0 Å². The summed E-state index contributed by atoms with van der Waals surface area (Å²) in [5, 5.41) is 0. The summed E-state index contributed by atoms with van der Waals surface area (Å²) >= 11 is 0. The van der Waals surface area contributed by atoms with Crippen LogP contribution in [-0.4, -0.2) is 24.6 Å². The molecule has 0 saturated heterocycles. The first-order chi connectivity index (χ1) is 23.2. The summed E-state index contributed by atoms with van der Waals surface area (Å²) in [4.78, 5) is 35.6. The van der Waals surface area contributed by atoms with Crippen LogP contribution in [-0.2, 0) is 20.8 Å². The number of benzene rings is 4. The van der Waals surface area contributed by atoms with Gasteiger partial charge >= 0.3 is 17.9 Å². The molecular weight excluding hydrogens is 607 g/mol. The molecule has 48 heavy (non-hydrogen) atoms. The summed E-state index contributed by atoms with van der Waals surface area (Å²) in [5.74, 6) is 11.7. The van der Waals surface area contributed by atoms with E-state index < -0.39 is 24.6 Å². The number of carbonyl (C=O) groups is 3. The van der Waals surface area contributed by atoms with Crippen molar-refractivity contribution in [1.82, 2.24) is 0 Å². The van der Waals surface area contributed by atoms with Crippen molar-refractivity contribution in [3.63, 3.8) is 0 Å². The van der Waals surface area contributed by atoms with Crippen LogP contribution >= 0.6 is 0 Å². The molecule has 238 valence electrons. The fraction of sp³-hybridized carbons (Fsp3) is 0.0976. The van der Waals surface area contributed by atoms with Crippen LogP contribution < -0.4 is 14.2 Å². The van der Waals surface area contributed by atoms with Gasteiger partial charge in [-0.3, -0.25) is 4.39 Å². The highest BCUT2D eigenvalue weighted by atomic mass is 19.1. The minimum Gasteiger partial charge on any atom is -0.423 e. The number of hydrogen-bond acceptors (Lipinski definition) is 6. The monoisotopic (exact) mass is 638 g/mol. The van der Waals surface area contributed by atoms with Crippen LogP contribution in [0.1, 0.15) is 41.2 Å². The van der Waals surface area contributed by atoms with Crippen molar-refractivity contribution >= 4 is 17.9 Å². The maximum Gasteiger partial charge on any atom is 0.338 e. The van der Waals surface area contributed by atoms with Crippen LogP contribution in [0.5, 0.6) is 17.2 Å². The Morgan fingerprint density at radius 2 is 1.19 bits per heavy atom. The number of esters is 3. The van der Waals surface area contributed by atoms with Crippen LogP contribution in [0.4, 0.5) is 4.39 Å². The maximum atomic E-state index is 13.4. The molecule has 7 heteroatoms. The Morgan fingerprint density at radius 1 is 0.688 bits per heavy atom. The smallest absolute Gasteiger partial charge is 0.338 e. The quantitative estimate of drug-likeness (QED) is 0.0766. The lowest BCUT2D eigenvalue weighted by molar-refractivity contribution is -0.130. The minimum atomic E-state index is -0.657. The van der Waals surface area contributed by atoms with Gasteiger partial charge in [-0.2, -0.15) is 0 Å². The first-order valence-corrected chi connectivity index (χ1v) is 14.8. The van der Waals surface area contributed by atoms with Crippen molar-refractivity contribution in [2.24, 2.45) is 0 Å². The third kappa shape index (κ3) is 9.53. The molecule has 0 aliphatic carbocycles. The molecule has 4 rings (SSSR count). The predicted octanol–water partition coefficient (Wildman–Crippen LogP) is 7.72. The van der Waals surface area contributed by atoms with Gasteiger partial charge in [-0.25, -0.2) is 14.4 Å². The summed E-state index contributed by atoms with van der Waals surface area (Å²) in [7, 11) is 0. The highest BCUT2D eigenvalue weighted by Gasteiger charge is 2.18. The Hall–Kier alpha value is -6.44. The van der Waals surface area contributed by atoms with Crippen molar-refractivity contribution in [1.29, 1.82) is 0 Å². The van der Waals surface area contributed by atoms with Crippen molar-refractivity contribution < 1.29 is 33.0 Å². The van der Waals surface area contributed by atoms with Crippen LogP contribution in [0.15, 0.2) is 122 Å². The molecule has 0 aliphatic rings. The summed E-state index contributed by atoms with van der Waals surface area (Å²) in [6.07, 6.45) is 2.62. The SMILES string of the molecule is C=CC(=O)Oc1ccc(C#Cc2ccc(-c3ccc(C#Cc4ccc(OC(=O)C(=C)C)cc4)cc3)c(OC(=O)C=C)c2CCCF)cc1. The average molecular weight is 639 g/mol. The largest absolute Gasteiger partial charge is 0.423 e. The van der Waals surface area contributed by atoms with Gasteiger partial charge in [0.2, 0.25) is 0 Å². The Morgan fingerprint density at radius 3 is 1.71 bits per heavy atom. The molecule has 0 heterocycles. The lowest BCUT2D eigenvalue weighted by Crippen LogP contribution is -2.08.